The summed E-state index contributed by atoms with van der Waals surface area (Å²) < 4.78 is 2.05. The standard InChI is InChI=1S/C21H26N8O/c1-4-29-19(14-8-22-13(3)23-9-14)27-17-18(24-11-25-20(17)29)26-15-5-6-28(10-15)21(30)16-7-12(16)2/h8-9,11-12,15-16H,4-7,10H2,1-3H3,(H,24,25,26)/t12-,15+,16+/m1/s1. The first-order valence-electron chi connectivity index (χ1n) is 10.6. The van der Waals surface area contributed by atoms with E-state index < -0.39 is 0 Å². The molecular formula is C21H26N8O. The fourth-order valence-electron chi connectivity index (χ4n) is 4.24. The first-order valence-corrected chi connectivity index (χ1v) is 10.6. The van der Waals surface area contributed by atoms with Gasteiger partial charge in [0.1, 0.15) is 18.0 Å². The molecule has 1 saturated heterocycles. The first-order chi connectivity index (χ1) is 14.5. The molecule has 9 heteroatoms. The summed E-state index contributed by atoms with van der Waals surface area (Å²) >= 11 is 0. The fraction of sp³-hybridized carbons (Fsp3) is 0.524. The number of nitrogens with one attached hydrogen (secondary N) is 1. The number of hydrogen-bond donors (Lipinski definition) is 1. The molecule has 4 heterocycles. The monoisotopic (exact) mass is 406 g/mol. The Hall–Kier alpha value is -3.10. The lowest BCUT2D eigenvalue weighted by atomic mass is 10.2. The highest BCUT2D eigenvalue weighted by molar-refractivity contribution is 5.86. The number of aryl methyl sites for hydroxylation is 2. The molecule has 3 aromatic heterocycles. The summed E-state index contributed by atoms with van der Waals surface area (Å²) in [7, 11) is 0. The van der Waals surface area contributed by atoms with Crippen molar-refractivity contribution in [3.63, 3.8) is 0 Å². The Morgan fingerprint density at radius 2 is 2.00 bits per heavy atom. The van der Waals surface area contributed by atoms with E-state index in [4.69, 9.17) is 4.98 Å². The smallest absolute Gasteiger partial charge is 0.226 e. The predicted octanol–water partition coefficient (Wildman–Crippen LogP) is 2.28. The number of aromatic nitrogens is 6. The summed E-state index contributed by atoms with van der Waals surface area (Å²) in [5.41, 5.74) is 2.36. The van der Waals surface area contributed by atoms with E-state index in [0.717, 1.165) is 54.3 Å². The molecule has 0 aromatic carbocycles. The van der Waals surface area contributed by atoms with E-state index in [1.54, 1.807) is 18.7 Å². The second-order valence-electron chi connectivity index (χ2n) is 8.33. The largest absolute Gasteiger partial charge is 0.364 e. The number of hydrogen-bond acceptors (Lipinski definition) is 7. The predicted molar refractivity (Wildman–Crippen MR) is 113 cm³/mol. The number of fused-ring (bicyclic) bond motifs is 1. The third kappa shape index (κ3) is 3.28. The maximum absolute atomic E-state index is 12.5. The van der Waals surface area contributed by atoms with Crippen LogP contribution in [0.4, 0.5) is 5.82 Å². The Morgan fingerprint density at radius 1 is 1.23 bits per heavy atom. The molecule has 0 spiro atoms. The van der Waals surface area contributed by atoms with Gasteiger partial charge in [0.15, 0.2) is 17.0 Å². The van der Waals surface area contributed by atoms with Crippen molar-refractivity contribution in [1.29, 1.82) is 0 Å². The summed E-state index contributed by atoms with van der Waals surface area (Å²) in [5, 5.41) is 3.51. The number of amides is 1. The van der Waals surface area contributed by atoms with Crippen molar-refractivity contribution in [3.8, 4) is 11.4 Å². The van der Waals surface area contributed by atoms with Gasteiger partial charge >= 0.3 is 0 Å². The highest BCUT2D eigenvalue weighted by atomic mass is 16.2. The van der Waals surface area contributed by atoms with Crippen LogP contribution in [0, 0.1) is 18.8 Å². The summed E-state index contributed by atoms with van der Waals surface area (Å²) in [4.78, 5) is 36.9. The Kier molecular flexibility index (Phi) is 4.60. The van der Waals surface area contributed by atoms with Crippen LogP contribution in [-0.2, 0) is 11.3 Å². The quantitative estimate of drug-likeness (QED) is 0.693. The Bertz CT molecular complexity index is 1090. The lowest BCUT2D eigenvalue weighted by Crippen LogP contribution is -2.33. The molecule has 30 heavy (non-hydrogen) atoms. The first kappa shape index (κ1) is 18.9. The van der Waals surface area contributed by atoms with Crippen molar-refractivity contribution in [2.24, 2.45) is 11.8 Å². The minimum absolute atomic E-state index is 0.166. The fourth-order valence-corrected chi connectivity index (χ4v) is 4.24. The maximum atomic E-state index is 12.5. The van der Waals surface area contributed by atoms with Crippen LogP contribution in [-0.4, -0.2) is 59.4 Å². The van der Waals surface area contributed by atoms with Crippen molar-refractivity contribution in [2.75, 3.05) is 18.4 Å². The van der Waals surface area contributed by atoms with Crippen molar-refractivity contribution in [2.45, 2.75) is 46.2 Å². The lowest BCUT2D eigenvalue weighted by Gasteiger charge is -2.17. The van der Waals surface area contributed by atoms with E-state index in [1.807, 2.05) is 11.8 Å². The van der Waals surface area contributed by atoms with Gasteiger partial charge in [-0.05, 0) is 32.6 Å². The second-order valence-corrected chi connectivity index (χ2v) is 8.33. The zero-order valence-corrected chi connectivity index (χ0v) is 17.5. The number of nitrogens with zero attached hydrogens (tertiary/aromatic N) is 7. The van der Waals surface area contributed by atoms with Crippen LogP contribution in [0.25, 0.3) is 22.6 Å². The van der Waals surface area contributed by atoms with Crippen LogP contribution in [0.3, 0.4) is 0 Å². The molecule has 0 radical (unpaired) electrons. The van der Waals surface area contributed by atoms with E-state index in [2.05, 4.69) is 43.7 Å². The van der Waals surface area contributed by atoms with E-state index in [-0.39, 0.29) is 12.0 Å². The van der Waals surface area contributed by atoms with Gasteiger partial charge in [0.05, 0.1) is 5.56 Å². The molecule has 1 aliphatic carbocycles. The minimum Gasteiger partial charge on any atom is -0.364 e. The van der Waals surface area contributed by atoms with Crippen LogP contribution in [0.1, 0.15) is 32.5 Å². The van der Waals surface area contributed by atoms with E-state index in [1.165, 1.54) is 0 Å². The Balaban J connectivity index is 1.41. The minimum atomic E-state index is 0.166. The van der Waals surface area contributed by atoms with Gasteiger partial charge in [-0.3, -0.25) is 4.79 Å². The van der Waals surface area contributed by atoms with Gasteiger partial charge < -0.3 is 14.8 Å². The number of likely N-dealkylation sites (tertiary alicyclic amines) is 1. The molecule has 1 amide bonds. The average molecular weight is 406 g/mol. The van der Waals surface area contributed by atoms with Gasteiger partial charge in [-0.1, -0.05) is 6.92 Å². The molecule has 0 bridgehead atoms. The summed E-state index contributed by atoms with van der Waals surface area (Å²) in [6.07, 6.45) is 7.08. The number of rotatable bonds is 5. The molecular weight excluding hydrogens is 380 g/mol. The molecule has 1 saturated carbocycles. The molecule has 9 nitrogen and oxygen atoms in total. The molecule has 5 rings (SSSR count). The van der Waals surface area contributed by atoms with Gasteiger partial charge in [-0.15, -0.1) is 0 Å². The van der Waals surface area contributed by atoms with Gasteiger partial charge in [0, 0.05) is 44.0 Å². The van der Waals surface area contributed by atoms with Gasteiger partial charge in [-0.25, -0.2) is 24.9 Å². The molecule has 1 N–H and O–H groups in total. The summed E-state index contributed by atoms with van der Waals surface area (Å²) in [5.74, 6) is 3.28. The zero-order chi connectivity index (χ0) is 20.8. The highest BCUT2D eigenvalue weighted by Gasteiger charge is 2.43. The molecule has 3 aromatic rings. The molecule has 156 valence electrons. The van der Waals surface area contributed by atoms with Crippen molar-refractivity contribution < 1.29 is 4.79 Å². The molecule has 1 aliphatic heterocycles. The van der Waals surface area contributed by atoms with Crippen molar-refractivity contribution in [3.05, 3.63) is 24.5 Å². The normalized spacial score (nSPS) is 23.2. The molecule has 2 aliphatic rings. The van der Waals surface area contributed by atoms with Gasteiger partial charge in [0.2, 0.25) is 5.91 Å². The second kappa shape index (κ2) is 7.30. The number of imidazole rings is 1. The van der Waals surface area contributed by atoms with Crippen LogP contribution in [0.5, 0.6) is 0 Å². The summed E-state index contributed by atoms with van der Waals surface area (Å²) in [6.45, 7) is 8.30. The van der Waals surface area contributed by atoms with E-state index in [9.17, 15) is 4.79 Å². The van der Waals surface area contributed by atoms with Gasteiger partial charge in [-0.2, -0.15) is 0 Å². The third-order valence-corrected chi connectivity index (χ3v) is 6.15. The van der Waals surface area contributed by atoms with E-state index >= 15 is 0 Å². The number of anilines is 1. The third-order valence-electron chi connectivity index (χ3n) is 6.15. The molecule has 3 atom stereocenters. The van der Waals surface area contributed by atoms with Crippen molar-refractivity contribution in [1.82, 2.24) is 34.4 Å². The van der Waals surface area contributed by atoms with Crippen LogP contribution in [0.15, 0.2) is 18.7 Å². The topological polar surface area (TPSA) is 102 Å². The van der Waals surface area contributed by atoms with Crippen LogP contribution in [0.2, 0.25) is 0 Å². The number of carbonyl (C=O) groups is 1. The van der Waals surface area contributed by atoms with Crippen LogP contribution >= 0.6 is 0 Å². The molecule has 0 unspecified atom stereocenters. The maximum Gasteiger partial charge on any atom is 0.226 e. The lowest BCUT2D eigenvalue weighted by molar-refractivity contribution is -0.131. The molecule has 2 fully saturated rings. The van der Waals surface area contributed by atoms with Crippen LogP contribution < -0.4 is 5.32 Å². The Labute approximate surface area is 175 Å². The number of carbonyl (C=O) groups excluding carboxylic acids is 1. The highest BCUT2D eigenvalue weighted by Crippen LogP contribution is 2.40. The summed E-state index contributed by atoms with van der Waals surface area (Å²) in [6, 6.07) is 0.166. The Morgan fingerprint density at radius 3 is 2.70 bits per heavy atom. The zero-order valence-electron chi connectivity index (χ0n) is 17.5. The van der Waals surface area contributed by atoms with Crippen molar-refractivity contribution >= 4 is 22.9 Å². The van der Waals surface area contributed by atoms with E-state index in [0.29, 0.717) is 24.2 Å². The van der Waals surface area contributed by atoms with Gasteiger partial charge in [0.25, 0.3) is 0 Å². The average Bonchev–Trinajstić information content (AvgIpc) is 3.14. The SMILES string of the molecule is CCn1c(-c2cnc(C)nc2)nc2c(N[C@H]3CCN(C(=O)[C@H]4C[C@H]4C)C3)ncnc21.